The number of piperazine rings is 1. The molecule has 7 heteroatoms. The van der Waals surface area contributed by atoms with Crippen molar-refractivity contribution in [1.29, 1.82) is 0 Å². The Labute approximate surface area is 221 Å². The minimum Gasteiger partial charge on any atom is -0.497 e. The first-order chi connectivity index (χ1) is 16.2. The molecule has 0 aromatic heterocycles. The molecule has 4 rings (SSSR count). The summed E-state index contributed by atoms with van der Waals surface area (Å²) in [6.45, 7) is 5.18. The van der Waals surface area contributed by atoms with Gasteiger partial charge in [0.25, 0.3) is 0 Å². The molecule has 0 spiro atoms. The highest BCUT2D eigenvalue weighted by Gasteiger charge is 2.21. The third-order valence-corrected chi connectivity index (χ3v) is 6.57. The van der Waals surface area contributed by atoms with Crippen molar-refractivity contribution in [3.05, 3.63) is 83.9 Å². The molecule has 0 N–H and O–H groups in total. The molecule has 190 valence electrons. The van der Waals surface area contributed by atoms with Gasteiger partial charge in [0, 0.05) is 32.1 Å². The van der Waals surface area contributed by atoms with Gasteiger partial charge in [-0.15, -0.1) is 24.8 Å². The van der Waals surface area contributed by atoms with Crippen molar-refractivity contribution in [3.63, 3.8) is 0 Å². The van der Waals surface area contributed by atoms with Gasteiger partial charge in [-0.1, -0.05) is 36.4 Å². The van der Waals surface area contributed by atoms with Crippen LogP contribution in [0, 0.1) is 0 Å². The zero-order valence-corrected chi connectivity index (χ0v) is 22.3. The van der Waals surface area contributed by atoms with E-state index in [4.69, 9.17) is 14.2 Å². The second kappa shape index (κ2) is 14.1. The lowest BCUT2D eigenvalue weighted by Crippen LogP contribution is -2.46. The van der Waals surface area contributed by atoms with Gasteiger partial charge >= 0.3 is 0 Å². The van der Waals surface area contributed by atoms with Crippen LogP contribution in [0.3, 0.4) is 0 Å². The Kier molecular flexibility index (Phi) is 11.5. The van der Waals surface area contributed by atoms with Gasteiger partial charge < -0.3 is 19.1 Å². The number of anilines is 1. The SMILES string of the molecule is COc1ccc(C(CCN2CCN(c3ccccc3OC)CC2)c2ccc(OC)cc2)cc1.Cl.Cl. The highest BCUT2D eigenvalue weighted by molar-refractivity contribution is 5.85. The number of methoxy groups -OCH3 is 3. The lowest BCUT2D eigenvalue weighted by molar-refractivity contribution is 0.250. The zero-order chi connectivity index (χ0) is 23.0. The zero-order valence-electron chi connectivity index (χ0n) is 20.7. The molecule has 0 amide bonds. The van der Waals surface area contributed by atoms with E-state index in [9.17, 15) is 0 Å². The molecule has 0 atom stereocenters. The topological polar surface area (TPSA) is 34.2 Å². The number of rotatable bonds is 9. The molecule has 1 aliphatic rings. The Morgan fingerprint density at radius 3 is 1.66 bits per heavy atom. The monoisotopic (exact) mass is 518 g/mol. The third kappa shape index (κ3) is 7.20. The maximum Gasteiger partial charge on any atom is 0.142 e. The van der Waals surface area contributed by atoms with Crippen LogP contribution in [0.15, 0.2) is 72.8 Å². The van der Waals surface area contributed by atoms with E-state index in [0.29, 0.717) is 5.92 Å². The number of benzene rings is 3. The first-order valence-electron chi connectivity index (χ1n) is 11.6. The Morgan fingerprint density at radius 1 is 0.657 bits per heavy atom. The van der Waals surface area contributed by atoms with Gasteiger partial charge in [-0.05, 0) is 60.5 Å². The van der Waals surface area contributed by atoms with Gasteiger partial charge in [0.05, 0.1) is 27.0 Å². The minimum atomic E-state index is 0. The number of ether oxygens (including phenoxy) is 3. The fourth-order valence-electron chi connectivity index (χ4n) is 4.61. The van der Waals surface area contributed by atoms with Gasteiger partial charge in [0.2, 0.25) is 0 Å². The number of hydrogen-bond acceptors (Lipinski definition) is 5. The summed E-state index contributed by atoms with van der Waals surface area (Å²) in [7, 11) is 5.16. The minimum absolute atomic E-state index is 0. The quantitative estimate of drug-likeness (QED) is 0.352. The maximum atomic E-state index is 5.56. The van der Waals surface area contributed by atoms with E-state index in [0.717, 1.165) is 56.4 Å². The maximum absolute atomic E-state index is 5.56. The first kappa shape index (κ1) is 28.6. The van der Waals surface area contributed by atoms with E-state index in [1.807, 2.05) is 12.1 Å². The molecule has 1 aliphatic heterocycles. The van der Waals surface area contributed by atoms with Crippen molar-refractivity contribution >= 4 is 30.5 Å². The number of nitrogens with zero attached hydrogens (tertiary/aromatic N) is 2. The second-order valence-electron chi connectivity index (χ2n) is 8.39. The largest absolute Gasteiger partial charge is 0.497 e. The number of para-hydroxylation sites is 2. The summed E-state index contributed by atoms with van der Waals surface area (Å²) in [5, 5.41) is 0. The fourth-order valence-corrected chi connectivity index (χ4v) is 4.61. The number of halogens is 2. The molecule has 0 radical (unpaired) electrons. The van der Waals surface area contributed by atoms with E-state index >= 15 is 0 Å². The van der Waals surface area contributed by atoms with E-state index in [1.165, 1.54) is 16.8 Å². The summed E-state index contributed by atoms with van der Waals surface area (Å²) in [5.74, 6) is 3.05. The van der Waals surface area contributed by atoms with Gasteiger partial charge in [-0.25, -0.2) is 0 Å². The van der Waals surface area contributed by atoms with E-state index in [2.05, 4.69) is 70.5 Å². The summed E-state index contributed by atoms with van der Waals surface area (Å²) in [5.41, 5.74) is 3.82. The molecule has 3 aromatic rings. The Balaban J connectivity index is 0.00000216. The first-order valence-corrected chi connectivity index (χ1v) is 11.6. The summed E-state index contributed by atoms with van der Waals surface area (Å²) in [6.07, 6.45) is 1.06. The van der Waals surface area contributed by atoms with Crippen molar-refractivity contribution in [2.45, 2.75) is 12.3 Å². The van der Waals surface area contributed by atoms with Crippen LogP contribution in [0.2, 0.25) is 0 Å². The Bertz CT molecular complexity index is 960. The molecule has 1 fully saturated rings. The molecule has 35 heavy (non-hydrogen) atoms. The number of hydrogen-bond donors (Lipinski definition) is 0. The van der Waals surface area contributed by atoms with Crippen molar-refractivity contribution < 1.29 is 14.2 Å². The summed E-state index contributed by atoms with van der Waals surface area (Å²) < 4.78 is 16.3. The highest BCUT2D eigenvalue weighted by atomic mass is 35.5. The standard InChI is InChI=1S/C28H34N2O3.2ClH/c1-31-24-12-8-22(9-13-24)26(23-10-14-25(32-2)15-11-23)16-17-29-18-20-30(21-19-29)27-6-4-5-7-28(27)33-3;;/h4-15,26H,16-21H2,1-3H3;2*1H. The van der Waals surface area contributed by atoms with E-state index in [-0.39, 0.29) is 24.8 Å². The summed E-state index contributed by atoms with van der Waals surface area (Å²) in [6, 6.07) is 25.3. The molecule has 0 saturated carbocycles. The summed E-state index contributed by atoms with van der Waals surface area (Å²) in [4.78, 5) is 5.01. The second-order valence-corrected chi connectivity index (χ2v) is 8.39. The van der Waals surface area contributed by atoms with Crippen molar-refractivity contribution in [2.75, 3.05) is 59.0 Å². The van der Waals surface area contributed by atoms with Crippen LogP contribution >= 0.6 is 24.8 Å². The average molecular weight is 520 g/mol. The van der Waals surface area contributed by atoms with Crippen LogP contribution in [0.4, 0.5) is 5.69 Å². The van der Waals surface area contributed by atoms with Gasteiger partial charge in [0.15, 0.2) is 0 Å². The molecule has 0 aliphatic carbocycles. The van der Waals surface area contributed by atoms with Crippen LogP contribution in [0.25, 0.3) is 0 Å². The van der Waals surface area contributed by atoms with Gasteiger partial charge in [0.1, 0.15) is 17.2 Å². The van der Waals surface area contributed by atoms with Crippen LogP contribution in [-0.2, 0) is 0 Å². The molecule has 1 heterocycles. The molecule has 0 unspecified atom stereocenters. The van der Waals surface area contributed by atoms with Crippen LogP contribution in [-0.4, -0.2) is 59.0 Å². The molecule has 1 saturated heterocycles. The van der Waals surface area contributed by atoms with Crippen molar-refractivity contribution in [2.24, 2.45) is 0 Å². The van der Waals surface area contributed by atoms with E-state index in [1.54, 1.807) is 21.3 Å². The van der Waals surface area contributed by atoms with Gasteiger partial charge in [-0.2, -0.15) is 0 Å². The molecule has 3 aromatic carbocycles. The normalized spacial score (nSPS) is 13.5. The molecule has 0 bridgehead atoms. The van der Waals surface area contributed by atoms with Crippen molar-refractivity contribution in [1.82, 2.24) is 4.90 Å². The Hall–Kier alpha value is -2.60. The molecule has 5 nitrogen and oxygen atoms in total. The predicted octanol–water partition coefficient (Wildman–Crippen LogP) is 5.90. The Morgan fingerprint density at radius 2 is 1.17 bits per heavy atom. The predicted molar refractivity (Wildman–Crippen MR) is 149 cm³/mol. The van der Waals surface area contributed by atoms with Gasteiger partial charge in [-0.3, -0.25) is 4.90 Å². The lowest BCUT2D eigenvalue weighted by atomic mass is 9.88. The van der Waals surface area contributed by atoms with E-state index < -0.39 is 0 Å². The van der Waals surface area contributed by atoms with Crippen LogP contribution in [0.1, 0.15) is 23.5 Å². The molecular formula is C28H36Cl2N2O3. The summed E-state index contributed by atoms with van der Waals surface area (Å²) >= 11 is 0. The average Bonchev–Trinajstić information content (AvgIpc) is 2.90. The fraction of sp³-hybridized carbons (Fsp3) is 0.357. The highest BCUT2D eigenvalue weighted by Crippen LogP contribution is 2.32. The van der Waals surface area contributed by atoms with Crippen LogP contribution < -0.4 is 19.1 Å². The van der Waals surface area contributed by atoms with Crippen molar-refractivity contribution in [3.8, 4) is 17.2 Å². The lowest BCUT2D eigenvalue weighted by Gasteiger charge is -2.37. The molecular weight excluding hydrogens is 483 g/mol. The third-order valence-electron chi connectivity index (χ3n) is 6.57. The smallest absolute Gasteiger partial charge is 0.142 e. The van der Waals surface area contributed by atoms with Crippen LogP contribution in [0.5, 0.6) is 17.2 Å².